The van der Waals surface area contributed by atoms with Crippen LogP contribution in [-0.2, 0) is 17.9 Å². The summed E-state index contributed by atoms with van der Waals surface area (Å²) in [6, 6.07) is 16.4. The van der Waals surface area contributed by atoms with Crippen molar-refractivity contribution in [1.29, 1.82) is 0 Å². The van der Waals surface area contributed by atoms with Crippen LogP contribution in [0.5, 0.6) is 5.75 Å². The van der Waals surface area contributed by atoms with E-state index in [0.717, 1.165) is 48.3 Å². The van der Waals surface area contributed by atoms with Gasteiger partial charge in [0.2, 0.25) is 0 Å². The lowest BCUT2D eigenvalue weighted by Crippen LogP contribution is -2.57. The van der Waals surface area contributed by atoms with E-state index in [2.05, 4.69) is 45.1 Å². The smallest absolute Gasteiger partial charge is 0.410 e. The first-order valence-electron chi connectivity index (χ1n) is 10.9. The highest BCUT2D eigenvalue weighted by Gasteiger charge is 2.54. The quantitative estimate of drug-likeness (QED) is 0.550. The second kappa shape index (κ2) is 8.83. The third-order valence-electron chi connectivity index (χ3n) is 5.83. The largest absolute Gasteiger partial charge is 0.489 e. The first kappa shape index (κ1) is 22.2. The summed E-state index contributed by atoms with van der Waals surface area (Å²) in [6.07, 6.45) is 1.91. The molecule has 2 aliphatic rings. The lowest BCUT2D eigenvalue weighted by Gasteiger charge is -2.42. The van der Waals surface area contributed by atoms with Crippen LogP contribution in [0.2, 0.25) is 0 Å². The molecule has 1 aliphatic carbocycles. The van der Waals surface area contributed by atoms with Crippen molar-refractivity contribution in [2.45, 2.75) is 57.9 Å². The predicted molar refractivity (Wildman–Crippen MR) is 125 cm³/mol. The Kier molecular flexibility index (Phi) is 6.31. The molecule has 0 radical (unpaired) electrons. The molecular formula is C25H31BrN2O3. The van der Waals surface area contributed by atoms with E-state index in [9.17, 15) is 4.79 Å². The van der Waals surface area contributed by atoms with Crippen molar-refractivity contribution in [3.8, 4) is 5.75 Å². The highest BCUT2D eigenvalue weighted by atomic mass is 79.9. The zero-order valence-corrected chi connectivity index (χ0v) is 20.2. The number of hydrogen-bond acceptors (Lipinski definition) is 4. The van der Waals surface area contributed by atoms with E-state index in [4.69, 9.17) is 9.47 Å². The van der Waals surface area contributed by atoms with Crippen molar-refractivity contribution in [3.05, 3.63) is 64.1 Å². The minimum atomic E-state index is -0.463. The van der Waals surface area contributed by atoms with Crippen molar-refractivity contribution < 1.29 is 14.3 Å². The Morgan fingerprint density at radius 2 is 1.84 bits per heavy atom. The Bertz CT molecular complexity index is 922. The minimum absolute atomic E-state index is 0.0610. The summed E-state index contributed by atoms with van der Waals surface area (Å²) in [7, 11) is 0. The number of benzene rings is 2. The molecule has 166 valence electrons. The lowest BCUT2D eigenvalue weighted by atomic mass is 10.1. The van der Waals surface area contributed by atoms with Crippen LogP contribution in [0.4, 0.5) is 4.79 Å². The zero-order chi connectivity index (χ0) is 22.1. The van der Waals surface area contributed by atoms with Crippen molar-refractivity contribution >= 4 is 22.0 Å². The number of nitrogens with zero attached hydrogens (tertiary/aromatic N) is 2. The number of carbonyl (C=O) groups is 1. The summed E-state index contributed by atoms with van der Waals surface area (Å²) < 4.78 is 12.7. The number of amides is 1. The predicted octanol–water partition coefficient (Wildman–Crippen LogP) is 5.61. The van der Waals surface area contributed by atoms with Gasteiger partial charge < -0.3 is 9.47 Å². The van der Waals surface area contributed by atoms with Crippen LogP contribution in [0.1, 0.15) is 44.7 Å². The molecule has 1 aliphatic heterocycles. The van der Waals surface area contributed by atoms with Gasteiger partial charge in [-0.05, 0) is 62.9 Å². The normalized spacial score (nSPS) is 18.1. The average Bonchev–Trinajstić information content (AvgIpc) is 3.47. The molecule has 0 atom stereocenters. The standard InChI is InChI=1S/C25H31BrN2O3/c1-24(2,3)31-23(29)28-14-13-27(18-25(28)11-12-25)16-20-15-21(9-10-22(20)26)30-17-19-7-5-4-6-8-19/h4-10,15H,11-14,16-18H2,1-3H3. The summed E-state index contributed by atoms with van der Waals surface area (Å²) in [6.45, 7) is 9.57. The first-order chi connectivity index (χ1) is 14.7. The number of carbonyl (C=O) groups excluding carboxylic acids is 1. The summed E-state index contributed by atoms with van der Waals surface area (Å²) in [5.74, 6) is 0.871. The molecule has 31 heavy (non-hydrogen) atoms. The molecule has 6 heteroatoms. The van der Waals surface area contributed by atoms with E-state index in [1.54, 1.807) is 0 Å². The molecule has 5 nitrogen and oxygen atoms in total. The van der Waals surface area contributed by atoms with E-state index < -0.39 is 5.60 Å². The van der Waals surface area contributed by atoms with Crippen molar-refractivity contribution in [3.63, 3.8) is 0 Å². The molecule has 0 bridgehead atoms. The molecule has 2 aromatic rings. The van der Waals surface area contributed by atoms with Crippen LogP contribution in [0.3, 0.4) is 0 Å². The maximum atomic E-state index is 12.7. The fraction of sp³-hybridized carbons (Fsp3) is 0.480. The summed E-state index contributed by atoms with van der Waals surface area (Å²) in [5.41, 5.74) is 1.83. The molecule has 1 saturated carbocycles. The van der Waals surface area contributed by atoms with Gasteiger partial charge in [-0.15, -0.1) is 0 Å². The van der Waals surface area contributed by atoms with Gasteiger partial charge in [0, 0.05) is 30.7 Å². The van der Waals surface area contributed by atoms with Gasteiger partial charge in [0.05, 0.1) is 5.54 Å². The van der Waals surface area contributed by atoms with Crippen molar-refractivity contribution in [2.75, 3.05) is 19.6 Å². The molecule has 1 heterocycles. The highest BCUT2D eigenvalue weighted by Crippen LogP contribution is 2.45. The summed E-state index contributed by atoms with van der Waals surface area (Å²) in [4.78, 5) is 17.1. The molecule has 1 saturated heterocycles. The van der Waals surface area contributed by atoms with Crippen LogP contribution in [0.15, 0.2) is 53.0 Å². The lowest BCUT2D eigenvalue weighted by molar-refractivity contribution is -0.00811. The second-order valence-corrected chi connectivity index (χ2v) is 10.4. The van der Waals surface area contributed by atoms with Gasteiger partial charge in [-0.25, -0.2) is 4.79 Å². The van der Waals surface area contributed by atoms with E-state index in [1.165, 1.54) is 5.56 Å². The van der Waals surface area contributed by atoms with Gasteiger partial charge in [0.15, 0.2) is 0 Å². The average molecular weight is 487 g/mol. The van der Waals surface area contributed by atoms with Gasteiger partial charge in [0.25, 0.3) is 0 Å². The number of rotatable bonds is 5. The monoisotopic (exact) mass is 486 g/mol. The van der Waals surface area contributed by atoms with E-state index in [-0.39, 0.29) is 11.6 Å². The Balaban J connectivity index is 1.38. The number of piperazine rings is 1. The van der Waals surface area contributed by atoms with Gasteiger partial charge in [-0.1, -0.05) is 46.3 Å². The van der Waals surface area contributed by atoms with Crippen molar-refractivity contribution in [2.24, 2.45) is 0 Å². The Morgan fingerprint density at radius 1 is 1.10 bits per heavy atom. The van der Waals surface area contributed by atoms with E-state index >= 15 is 0 Å². The maximum absolute atomic E-state index is 12.7. The SMILES string of the molecule is CC(C)(C)OC(=O)N1CCN(Cc2cc(OCc3ccccc3)ccc2Br)CC12CC2. The molecule has 2 aromatic carbocycles. The van der Waals surface area contributed by atoms with Gasteiger partial charge in [-0.2, -0.15) is 0 Å². The van der Waals surface area contributed by atoms with E-state index in [0.29, 0.717) is 13.2 Å². The molecule has 1 spiro atoms. The van der Waals surface area contributed by atoms with Crippen LogP contribution in [0.25, 0.3) is 0 Å². The molecule has 0 N–H and O–H groups in total. The topological polar surface area (TPSA) is 42.0 Å². The third kappa shape index (κ3) is 5.60. The molecule has 0 aromatic heterocycles. The minimum Gasteiger partial charge on any atom is -0.489 e. The van der Waals surface area contributed by atoms with Crippen LogP contribution >= 0.6 is 15.9 Å². The number of hydrogen-bond donors (Lipinski definition) is 0. The van der Waals surface area contributed by atoms with Crippen LogP contribution in [-0.4, -0.2) is 46.7 Å². The van der Waals surface area contributed by atoms with Gasteiger partial charge in [0.1, 0.15) is 18.0 Å². The summed E-state index contributed by atoms with van der Waals surface area (Å²) >= 11 is 3.70. The first-order valence-corrected chi connectivity index (χ1v) is 11.7. The maximum Gasteiger partial charge on any atom is 0.410 e. The summed E-state index contributed by atoms with van der Waals surface area (Å²) in [5, 5.41) is 0. The Hall–Kier alpha value is -2.05. The Labute approximate surface area is 193 Å². The van der Waals surface area contributed by atoms with Gasteiger partial charge >= 0.3 is 6.09 Å². The molecular weight excluding hydrogens is 456 g/mol. The number of halogens is 1. The van der Waals surface area contributed by atoms with Crippen LogP contribution < -0.4 is 4.74 Å². The fourth-order valence-corrected chi connectivity index (χ4v) is 4.48. The molecule has 0 unspecified atom stereocenters. The molecule has 1 amide bonds. The van der Waals surface area contributed by atoms with Crippen molar-refractivity contribution in [1.82, 2.24) is 9.80 Å². The third-order valence-corrected chi connectivity index (χ3v) is 6.60. The number of ether oxygens (including phenoxy) is 2. The fourth-order valence-electron chi connectivity index (χ4n) is 4.11. The Morgan fingerprint density at radius 3 is 2.52 bits per heavy atom. The molecule has 2 fully saturated rings. The highest BCUT2D eigenvalue weighted by molar-refractivity contribution is 9.10. The zero-order valence-electron chi connectivity index (χ0n) is 18.6. The molecule has 4 rings (SSSR count). The van der Waals surface area contributed by atoms with E-state index in [1.807, 2.05) is 49.9 Å². The van der Waals surface area contributed by atoms with Gasteiger partial charge in [-0.3, -0.25) is 9.80 Å². The second-order valence-electron chi connectivity index (χ2n) is 9.59. The van der Waals surface area contributed by atoms with Crippen LogP contribution in [0, 0.1) is 0 Å².